The minimum Gasteiger partial charge on any atom is -0.313 e. The molecule has 0 fully saturated rings. The second kappa shape index (κ2) is 6.08. The van der Waals surface area contributed by atoms with E-state index in [2.05, 4.69) is 25.2 Å². The second-order valence-electron chi connectivity index (χ2n) is 4.14. The van der Waals surface area contributed by atoms with Crippen molar-refractivity contribution in [3.05, 3.63) is 12.2 Å². The van der Waals surface area contributed by atoms with Crippen LogP contribution in [0.15, 0.2) is 6.33 Å². The minimum atomic E-state index is -3.30. The van der Waals surface area contributed by atoms with Crippen LogP contribution in [0.4, 0.5) is 0 Å². The molecule has 8 heteroatoms. The van der Waals surface area contributed by atoms with Crippen molar-refractivity contribution in [3.8, 4) is 0 Å². The van der Waals surface area contributed by atoms with E-state index in [-0.39, 0.29) is 11.8 Å². The van der Waals surface area contributed by atoms with Gasteiger partial charge in [0.05, 0.1) is 11.8 Å². The van der Waals surface area contributed by atoms with Gasteiger partial charge in [0.1, 0.15) is 12.2 Å². The highest BCUT2D eigenvalue weighted by Crippen LogP contribution is 2.05. The van der Waals surface area contributed by atoms with Crippen LogP contribution in [0.1, 0.15) is 32.6 Å². The third-order valence-electron chi connectivity index (χ3n) is 2.12. The molecule has 0 aliphatic rings. The van der Waals surface area contributed by atoms with Gasteiger partial charge in [-0.25, -0.2) is 18.1 Å². The van der Waals surface area contributed by atoms with Crippen LogP contribution in [0.5, 0.6) is 0 Å². The molecule has 17 heavy (non-hydrogen) atoms. The Hall–Kier alpha value is -0.990. The van der Waals surface area contributed by atoms with Crippen molar-refractivity contribution in [1.29, 1.82) is 0 Å². The summed E-state index contributed by atoms with van der Waals surface area (Å²) in [6, 6.07) is -0.126. The van der Waals surface area contributed by atoms with Crippen LogP contribution in [0.25, 0.3) is 0 Å². The van der Waals surface area contributed by atoms with Crippen molar-refractivity contribution in [1.82, 2.24) is 25.2 Å². The Kier molecular flexibility index (Phi) is 5.03. The highest BCUT2D eigenvalue weighted by atomic mass is 32.2. The lowest BCUT2D eigenvalue weighted by atomic mass is 10.3. The fraction of sp³-hybridized carbons (Fsp3) is 0.778. The molecule has 0 spiro atoms. The average Bonchev–Trinajstić information content (AvgIpc) is 2.68. The summed E-state index contributed by atoms with van der Waals surface area (Å²) < 4.78 is 25.9. The van der Waals surface area contributed by atoms with E-state index >= 15 is 0 Å². The van der Waals surface area contributed by atoms with E-state index in [4.69, 9.17) is 0 Å². The van der Waals surface area contributed by atoms with Crippen LogP contribution in [-0.2, 0) is 10.0 Å². The molecule has 7 nitrogen and oxygen atoms in total. The second-order valence-corrected chi connectivity index (χ2v) is 6.01. The maximum atomic E-state index is 11.7. The number of aromatic amines is 1. The van der Waals surface area contributed by atoms with Crippen LogP contribution in [0.2, 0.25) is 0 Å². The molecule has 1 unspecified atom stereocenters. The van der Waals surface area contributed by atoms with Gasteiger partial charge in [-0.15, -0.1) is 0 Å². The zero-order chi connectivity index (χ0) is 12.9. The summed E-state index contributed by atoms with van der Waals surface area (Å²) in [5.74, 6) is 0.550. The molecule has 0 aliphatic carbocycles. The van der Waals surface area contributed by atoms with Gasteiger partial charge >= 0.3 is 0 Å². The van der Waals surface area contributed by atoms with Gasteiger partial charge in [0.25, 0.3) is 0 Å². The van der Waals surface area contributed by atoms with Gasteiger partial charge in [0.15, 0.2) is 0 Å². The van der Waals surface area contributed by atoms with Gasteiger partial charge in [-0.1, -0.05) is 13.8 Å². The Bertz CT molecular complexity index is 415. The first kappa shape index (κ1) is 14.1. The van der Waals surface area contributed by atoms with E-state index < -0.39 is 16.1 Å². The van der Waals surface area contributed by atoms with Crippen LogP contribution in [0, 0.1) is 0 Å². The molecule has 1 aromatic rings. The molecule has 0 aliphatic heterocycles. The van der Waals surface area contributed by atoms with E-state index in [1.165, 1.54) is 6.33 Å². The smallest absolute Gasteiger partial charge is 0.213 e. The number of nitrogens with one attached hydrogen (secondary N) is 3. The van der Waals surface area contributed by atoms with Crippen LogP contribution in [-0.4, -0.2) is 41.9 Å². The van der Waals surface area contributed by atoms with Gasteiger partial charge in [0.2, 0.25) is 10.0 Å². The molecule has 0 saturated carbocycles. The summed E-state index contributed by atoms with van der Waals surface area (Å²) in [5.41, 5.74) is 0. The zero-order valence-electron chi connectivity index (χ0n) is 10.3. The number of nitrogens with zero attached hydrogens (tertiary/aromatic N) is 2. The van der Waals surface area contributed by atoms with Crippen molar-refractivity contribution in [2.45, 2.75) is 32.9 Å². The normalized spacial score (nSPS) is 14.1. The Morgan fingerprint density at radius 1 is 1.41 bits per heavy atom. The average molecular weight is 261 g/mol. The summed E-state index contributed by atoms with van der Waals surface area (Å²) in [6.45, 7) is 6.08. The molecule has 0 saturated heterocycles. The minimum absolute atomic E-state index is 0.0453. The van der Waals surface area contributed by atoms with Gasteiger partial charge in [0, 0.05) is 12.6 Å². The SMILES string of the molecule is CC(C)NCCS(=O)(=O)NC(C)c1ncn[nH]1. The molecule has 1 rings (SSSR count). The Morgan fingerprint density at radius 2 is 2.12 bits per heavy atom. The standard InChI is InChI=1S/C9H19N5O2S/c1-7(2)10-4-5-17(15,16)14-8(3)9-11-6-12-13-9/h6-8,10,14H,4-5H2,1-3H3,(H,11,12,13). The van der Waals surface area contributed by atoms with Gasteiger partial charge in [-0.2, -0.15) is 5.10 Å². The fourth-order valence-electron chi connectivity index (χ4n) is 1.29. The third kappa shape index (κ3) is 5.24. The lowest BCUT2D eigenvalue weighted by Crippen LogP contribution is -2.35. The number of H-pyrrole nitrogens is 1. The summed E-state index contributed by atoms with van der Waals surface area (Å²) in [5, 5.41) is 9.36. The van der Waals surface area contributed by atoms with E-state index in [1.54, 1.807) is 6.92 Å². The van der Waals surface area contributed by atoms with Gasteiger partial charge in [-0.3, -0.25) is 5.10 Å². The lowest BCUT2D eigenvalue weighted by molar-refractivity contribution is 0.550. The highest BCUT2D eigenvalue weighted by Gasteiger charge is 2.17. The Balaban J connectivity index is 2.44. The third-order valence-corrected chi connectivity index (χ3v) is 3.58. The zero-order valence-corrected chi connectivity index (χ0v) is 11.1. The molecule has 1 heterocycles. The molecular formula is C9H19N5O2S. The fourth-order valence-corrected chi connectivity index (χ4v) is 2.44. The van der Waals surface area contributed by atoms with Gasteiger partial charge in [-0.05, 0) is 6.92 Å². The number of hydrogen-bond donors (Lipinski definition) is 3. The summed E-state index contributed by atoms with van der Waals surface area (Å²) in [7, 11) is -3.30. The molecule has 0 radical (unpaired) electrons. The molecule has 0 aromatic carbocycles. The van der Waals surface area contributed by atoms with E-state index in [1.807, 2.05) is 13.8 Å². The monoisotopic (exact) mass is 261 g/mol. The van der Waals surface area contributed by atoms with E-state index in [0.29, 0.717) is 12.4 Å². The molecule has 1 aromatic heterocycles. The number of rotatable bonds is 7. The highest BCUT2D eigenvalue weighted by molar-refractivity contribution is 7.89. The van der Waals surface area contributed by atoms with Crippen molar-refractivity contribution in [2.75, 3.05) is 12.3 Å². The summed E-state index contributed by atoms with van der Waals surface area (Å²) in [6.07, 6.45) is 1.35. The summed E-state index contributed by atoms with van der Waals surface area (Å²) >= 11 is 0. The number of hydrogen-bond acceptors (Lipinski definition) is 5. The first-order valence-corrected chi connectivity index (χ1v) is 7.14. The first-order valence-electron chi connectivity index (χ1n) is 5.49. The summed E-state index contributed by atoms with van der Waals surface area (Å²) in [4.78, 5) is 3.90. The van der Waals surface area contributed by atoms with Crippen molar-refractivity contribution >= 4 is 10.0 Å². The van der Waals surface area contributed by atoms with E-state index in [0.717, 1.165) is 0 Å². The molecule has 1 atom stereocenters. The largest absolute Gasteiger partial charge is 0.313 e. The number of sulfonamides is 1. The molecule has 3 N–H and O–H groups in total. The maximum Gasteiger partial charge on any atom is 0.213 e. The molecule has 98 valence electrons. The molecular weight excluding hydrogens is 242 g/mol. The lowest BCUT2D eigenvalue weighted by Gasteiger charge is -2.13. The molecule has 0 amide bonds. The maximum absolute atomic E-state index is 11.7. The topological polar surface area (TPSA) is 99.8 Å². The van der Waals surface area contributed by atoms with E-state index in [9.17, 15) is 8.42 Å². The predicted octanol–water partition coefficient (Wildman–Crippen LogP) is -0.217. The first-order chi connectivity index (χ1) is 7.91. The van der Waals surface area contributed by atoms with Crippen LogP contribution in [0.3, 0.4) is 0 Å². The predicted molar refractivity (Wildman–Crippen MR) is 64.9 cm³/mol. The van der Waals surface area contributed by atoms with Crippen molar-refractivity contribution < 1.29 is 8.42 Å². The molecule has 0 bridgehead atoms. The van der Waals surface area contributed by atoms with Crippen molar-refractivity contribution in [3.63, 3.8) is 0 Å². The van der Waals surface area contributed by atoms with Crippen molar-refractivity contribution in [2.24, 2.45) is 0 Å². The number of aromatic nitrogens is 3. The Morgan fingerprint density at radius 3 is 2.65 bits per heavy atom. The van der Waals surface area contributed by atoms with Crippen LogP contribution < -0.4 is 10.0 Å². The van der Waals surface area contributed by atoms with Gasteiger partial charge < -0.3 is 5.32 Å². The van der Waals surface area contributed by atoms with Crippen LogP contribution >= 0.6 is 0 Å². The quantitative estimate of drug-likeness (QED) is 0.630. The Labute approximate surface area is 101 Å².